The molecule has 1 N–H and O–H groups in total. The van der Waals surface area contributed by atoms with Gasteiger partial charge in [-0.05, 0) is 38.1 Å². The molecule has 0 aliphatic heterocycles. The Bertz CT molecular complexity index is 443. The zero-order valence-electron chi connectivity index (χ0n) is 12.9. The summed E-state index contributed by atoms with van der Waals surface area (Å²) in [5, 5.41) is 10.5. The van der Waals surface area contributed by atoms with Gasteiger partial charge in [-0.15, -0.1) is 0 Å². The third-order valence-electron chi connectivity index (χ3n) is 2.96. The smallest absolute Gasteiger partial charge is 0.179 e. The Morgan fingerprint density at radius 1 is 1.25 bits per heavy atom. The molecule has 0 spiro atoms. The van der Waals surface area contributed by atoms with E-state index in [0.717, 1.165) is 12.1 Å². The van der Waals surface area contributed by atoms with E-state index in [-0.39, 0.29) is 0 Å². The fourth-order valence-electron chi connectivity index (χ4n) is 2.15. The molecule has 0 amide bonds. The molecule has 0 atom stereocenters. The van der Waals surface area contributed by atoms with Crippen LogP contribution in [0.15, 0.2) is 12.1 Å². The fraction of sp³-hybridized carbons (Fsp3) is 0.600. The molecule has 1 rings (SSSR count). The Morgan fingerprint density at radius 3 is 2.35 bits per heavy atom. The summed E-state index contributed by atoms with van der Waals surface area (Å²) >= 11 is 6.20. The lowest BCUT2D eigenvalue weighted by Crippen LogP contribution is -2.38. The minimum absolute atomic E-state index is 0.529. The van der Waals surface area contributed by atoms with Crippen LogP contribution in [0.5, 0.6) is 11.5 Å². The molecule has 0 aromatic heterocycles. The van der Waals surface area contributed by atoms with Gasteiger partial charge in [0, 0.05) is 13.1 Å². The first-order valence-corrected chi connectivity index (χ1v) is 7.03. The molecule has 0 fully saturated rings. The minimum Gasteiger partial charge on any atom is -0.493 e. The highest BCUT2D eigenvalue weighted by molar-refractivity contribution is 6.32. The number of aliphatic hydroxyl groups is 1. The van der Waals surface area contributed by atoms with Gasteiger partial charge in [-0.2, -0.15) is 0 Å². The molecule has 1 aromatic rings. The monoisotopic (exact) mass is 301 g/mol. The number of ether oxygens (including phenoxy) is 2. The topological polar surface area (TPSA) is 41.9 Å². The number of likely N-dealkylation sites (N-methyl/N-ethyl adjacent to an activating group) is 1. The lowest BCUT2D eigenvalue weighted by atomic mass is 10.1. The molecule has 0 heterocycles. The Labute approximate surface area is 126 Å². The highest BCUT2D eigenvalue weighted by atomic mass is 35.5. The van der Waals surface area contributed by atoms with Gasteiger partial charge in [-0.3, -0.25) is 4.90 Å². The zero-order valence-corrected chi connectivity index (χ0v) is 13.6. The first kappa shape index (κ1) is 17.1. The molecule has 114 valence electrons. The second kappa shape index (κ2) is 7.16. The number of methoxy groups -OCH3 is 2. The van der Waals surface area contributed by atoms with Gasteiger partial charge in [0.05, 0.1) is 24.8 Å². The fourth-order valence-corrected chi connectivity index (χ4v) is 2.46. The van der Waals surface area contributed by atoms with E-state index in [1.807, 2.05) is 12.1 Å². The number of rotatable bonds is 7. The van der Waals surface area contributed by atoms with Crippen LogP contribution in [0.2, 0.25) is 5.02 Å². The standard InChI is InChI=1S/C15H24ClNO3/c1-6-17(10-15(2,3)18)9-11-7-12(16)14(20-5)13(8-11)19-4/h7-8,18H,6,9-10H2,1-5H3. The minimum atomic E-state index is -0.726. The number of hydrogen-bond acceptors (Lipinski definition) is 4. The van der Waals surface area contributed by atoms with Crippen molar-refractivity contribution in [3.8, 4) is 11.5 Å². The van der Waals surface area contributed by atoms with Crippen LogP contribution in [0, 0.1) is 0 Å². The zero-order chi connectivity index (χ0) is 15.3. The van der Waals surface area contributed by atoms with Crippen LogP contribution in [0.1, 0.15) is 26.3 Å². The van der Waals surface area contributed by atoms with Crippen LogP contribution in [0.4, 0.5) is 0 Å². The van der Waals surface area contributed by atoms with Gasteiger partial charge < -0.3 is 14.6 Å². The number of halogens is 1. The lowest BCUT2D eigenvalue weighted by molar-refractivity contribution is 0.0353. The number of benzene rings is 1. The first-order chi connectivity index (χ1) is 9.30. The van der Waals surface area contributed by atoms with Crippen LogP contribution in [-0.2, 0) is 6.54 Å². The van der Waals surface area contributed by atoms with Gasteiger partial charge >= 0.3 is 0 Å². The predicted molar refractivity (Wildman–Crippen MR) is 81.8 cm³/mol. The SMILES string of the molecule is CCN(Cc1cc(Cl)c(OC)c(OC)c1)CC(C)(C)O. The highest BCUT2D eigenvalue weighted by Crippen LogP contribution is 2.36. The molecule has 0 aliphatic rings. The van der Waals surface area contributed by atoms with E-state index in [0.29, 0.717) is 29.6 Å². The van der Waals surface area contributed by atoms with Crippen molar-refractivity contribution in [2.45, 2.75) is 32.9 Å². The number of nitrogens with zero attached hydrogens (tertiary/aromatic N) is 1. The van der Waals surface area contributed by atoms with Crippen molar-refractivity contribution in [3.63, 3.8) is 0 Å². The summed E-state index contributed by atoms with van der Waals surface area (Å²) in [6, 6.07) is 3.79. The summed E-state index contributed by atoms with van der Waals surface area (Å²) in [6.07, 6.45) is 0. The Kier molecular flexibility index (Phi) is 6.11. The normalized spacial score (nSPS) is 11.8. The predicted octanol–water partition coefficient (Wildman–Crippen LogP) is 2.95. The average molecular weight is 302 g/mol. The van der Waals surface area contributed by atoms with Crippen molar-refractivity contribution in [1.29, 1.82) is 0 Å². The van der Waals surface area contributed by atoms with Crippen molar-refractivity contribution >= 4 is 11.6 Å². The first-order valence-electron chi connectivity index (χ1n) is 6.65. The van der Waals surface area contributed by atoms with Crippen LogP contribution < -0.4 is 9.47 Å². The second-order valence-electron chi connectivity index (χ2n) is 5.43. The van der Waals surface area contributed by atoms with Gasteiger partial charge in [0.25, 0.3) is 0 Å². The molecule has 0 saturated carbocycles. The molecular formula is C15H24ClNO3. The third-order valence-corrected chi connectivity index (χ3v) is 3.24. The Hall–Kier alpha value is -0.970. The molecule has 0 bridgehead atoms. The van der Waals surface area contributed by atoms with E-state index >= 15 is 0 Å². The van der Waals surface area contributed by atoms with Crippen LogP contribution >= 0.6 is 11.6 Å². The summed E-state index contributed by atoms with van der Waals surface area (Å²) in [4.78, 5) is 2.15. The maximum atomic E-state index is 9.92. The second-order valence-corrected chi connectivity index (χ2v) is 5.84. The molecule has 5 heteroatoms. The van der Waals surface area contributed by atoms with Crippen molar-refractivity contribution in [3.05, 3.63) is 22.7 Å². The third kappa shape index (κ3) is 4.85. The summed E-state index contributed by atoms with van der Waals surface area (Å²) in [5.41, 5.74) is 0.301. The molecule has 0 unspecified atom stereocenters. The summed E-state index contributed by atoms with van der Waals surface area (Å²) in [6.45, 7) is 7.80. The van der Waals surface area contributed by atoms with Gasteiger partial charge in [0.1, 0.15) is 0 Å². The molecule has 1 aromatic carbocycles. The quantitative estimate of drug-likeness (QED) is 0.841. The van der Waals surface area contributed by atoms with Gasteiger partial charge in [-0.25, -0.2) is 0 Å². The maximum absolute atomic E-state index is 9.92. The van der Waals surface area contributed by atoms with Crippen LogP contribution in [-0.4, -0.2) is 42.9 Å². The van der Waals surface area contributed by atoms with Crippen molar-refractivity contribution in [2.24, 2.45) is 0 Å². The van der Waals surface area contributed by atoms with Crippen molar-refractivity contribution in [1.82, 2.24) is 4.90 Å². The van der Waals surface area contributed by atoms with Crippen molar-refractivity contribution < 1.29 is 14.6 Å². The van der Waals surface area contributed by atoms with Crippen molar-refractivity contribution in [2.75, 3.05) is 27.3 Å². The Morgan fingerprint density at radius 2 is 1.90 bits per heavy atom. The Balaban J connectivity index is 2.94. The largest absolute Gasteiger partial charge is 0.493 e. The number of hydrogen-bond donors (Lipinski definition) is 1. The van der Waals surface area contributed by atoms with E-state index in [1.54, 1.807) is 28.1 Å². The highest BCUT2D eigenvalue weighted by Gasteiger charge is 2.18. The van der Waals surface area contributed by atoms with Crippen LogP contribution in [0.25, 0.3) is 0 Å². The average Bonchev–Trinajstić information content (AvgIpc) is 2.35. The van der Waals surface area contributed by atoms with Gasteiger partial charge in [0.15, 0.2) is 11.5 Å². The lowest BCUT2D eigenvalue weighted by Gasteiger charge is -2.28. The molecule has 4 nitrogen and oxygen atoms in total. The summed E-state index contributed by atoms with van der Waals surface area (Å²) in [5.74, 6) is 1.16. The van der Waals surface area contributed by atoms with Gasteiger partial charge in [0.2, 0.25) is 0 Å². The molecule has 20 heavy (non-hydrogen) atoms. The molecular weight excluding hydrogens is 278 g/mol. The molecule has 0 radical (unpaired) electrons. The summed E-state index contributed by atoms with van der Waals surface area (Å²) < 4.78 is 10.5. The maximum Gasteiger partial charge on any atom is 0.179 e. The van der Waals surface area contributed by atoms with Crippen LogP contribution in [0.3, 0.4) is 0 Å². The molecule has 0 aliphatic carbocycles. The van der Waals surface area contributed by atoms with E-state index in [1.165, 1.54) is 0 Å². The van der Waals surface area contributed by atoms with E-state index in [4.69, 9.17) is 21.1 Å². The summed E-state index contributed by atoms with van der Waals surface area (Å²) in [7, 11) is 3.16. The van der Waals surface area contributed by atoms with Gasteiger partial charge in [-0.1, -0.05) is 18.5 Å². The van der Waals surface area contributed by atoms with E-state index in [9.17, 15) is 5.11 Å². The van der Waals surface area contributed by atoms with E-state index in [2.05, 4.69) is 11.8 Å². The molecule has 0 saturated heterocycles. The van der Waals surface area contributed by atoms with E-state index < -0.39 is 5.60 Å².